The Hall–Kier alpha value is -1.99. The van der Waals surface area contributed by atoms with Gasteiger partial charge in [-0.3, -0.25) is 9.69 Å². The second-order valence-corrected chi connectivity index (χ2v) is 8.02. The minimum atomic E-state index is 0.00950. The second-order valence-electron chi connectivity index (χ2n) is 6.93. The Morgan fingerprint density at radius 3 is 2.65 bits per heavy atom. The maximum atomic E-state index is 12.7. The summed E-state index contributed by atoms with van der Waals surface area (Å²) in [5.41, 5.74) is 0.690. The van der Waals surface area contributed by atoms with Crippen molar-refractivity contribution in [2.45, 2.75) is 41.8 Å². The number of hydrogen-bond donors (Lipinski definition) is 1. The van der Waals surface area contributed by atoms with Gasteiger partial charge in [0.25, 0.3) is 5.91 Å². The Labute approximate surface area is 157 Å². The van der Waals surface area contributed by atoms with Crippen molar-refractivity contribution in [2.24, 2.45) is 5.92 Å². The maximum absolute atomic E-state index is 12.7. The highest BCUT2D eigenvalue weighted by molar-refractivity contribution is 7.99. The van der Waals surface area contributed by atoms with Gasteiger partial charge in [0, 0.05) is 22.5 Å². The van der Waals surface area contributed by atoms with E-state index in [-0.39, 0.29) is 11.9 Å². The number of nitrogens with one attached hydrogen (secondary N) is 1. The molecule has 0 radical (unpaired) electrons. The van der Waals surface area contributed by atoms with Crippen molar-refractivity contribution in [1.82, 2.24) is 15.4 Å². The molecule has 3 fully saturated rings. The molecule has 0 aliphatic carbocycles. The summed E-state index contributed by atoms with van der Waals surface area (Å²) >= 11 is 1.47. The fourth-order valence-electron chi connectivity index (χ4n) is 3.96. The van der Waals surface area contributed by atoms with Crippen LogP contribution >= 0.6 is 11.8 Å². The van der Waals surface area contributed by atoms with Crippen molar-refractivity contribution in [1.29, 1.82) is 0 Å². The first kappa shape index (κ1) is 17.4. The Bertz CT molecular complexity index is 767. The zero-order chi connectivity index (χ0) is 18.1. The maximum Gasteiger partial charge on any atom is 0.312 e. The number of ether oxygens (including phenoxy) is 1. The number of hydrogen-bond acceptors (Lipinski definition) is 6. The van der Waals surface area contributed by atoms with E-state index in [9.17, 15) is 4.79 Å². The van der Waals surface area contributed by atoms with Crippen LogP contribution in [0.15, 0.2) is 44.8 Å². The third-order valence-corrected chi connectivity index (χ3v) is 6.39. The molecule has 6 nitrogen and oxygen atoms in total. The van der Waals surface area contributed by atoms with Gasteiger partial charge in [-0.05, 0) is 63.0 Å². The van der Waals surface area contributed by atoms with Crippen molar-refractivity contribution in [2.75, 3.05) is 20.2 Å². The minimum absolute atomic E-state index is 0.00950. The highest BCUT2D eigenvalue weighted by Crippen LogP contribution is 2.32. The smallest absolute Gasteiger partial charge is 0.312 e. The quantitative estimate of drug-likeness (QED) is 0.869. The second kappa shape index (κ2) is 7.32. The molecule has 1 aromatic carbocycles. The lowest BCUT2D eigenvalue weighted by Gasteiger charge is -2.49. The Balaban J connectivity index is 1.39. The highest BCUT2D eigenvalue weighted by atomic mass is 32.2. The summed E-state index contributed by atoms with van der Waals surface area (Å²) in [5.74, 6) is 1.00. The summed E-state index contributed by atoms with van der Waals surface area (Å²) in [5, 5.41) is 7.91. The van der Waals surface area contributed by atoms with Gasteiger partial charge >= 0.3 is 5.95 Å². The van der Waals surface area contributed by atoms with Crippen LogP contribution in [-0.2, 0) is 0 Å². The molecule has 0 saturated carbocycles. The molecule has 0 unspecified atom stereocenters. The average molecular weight is 373 g/mol. The number of carbonyl (C=O) groups is 1. The van der Waals surface area contributed by atoms with Gasteiger partial charge in [-0.2, -0.15) is 0 Å². The van der Waals surface area contributed by atoms with Crippen molar-refractivity contribution in [3.63, 3.8) is 0 Å². The first-order valence-electron chi connectivity index (χ1n) is 8.97. The number of benzene rings is 1. The molecule has 4 heterocycles. The number of fused-ring (bicyclic) bond motifs is 3. The van der Waals surface area contributed by atoms with Gasteiger partial charge in [0.05, 0.1) is 13.2 Å². The molecule has 0 spiro atoms. The van der Waals surface area contributed by atoms with Gasteiger partial charge < -0.3 is 14.6 Å². The molecule has 7 heteroatoms. The standard InChI is InChI=1S/C19H23N3O3S/c1-12-18(13-7-9-22(12)10-8-13)20-19(23)14-3-5-15(6-4-14)26-16-11-17(24-2)25-21-16/h3-6,11-13,18H,7-10H2,1-2H3,(H,20,23)/t12-,18+/m1/s1. The van der Waals surface area contributed by atoms with Gasteiger partial charge in [0.15, 0.2) is 0 Å². The molecular formula is C19H23N3O3S. The van der Waals surface area contributed by atoms with Crippen LogP contribution < -0.4 is 10.1 Å². The van der Waals surface area contributed by atoms with Crippen molar-refractivity contribution in [3.05, 3.63) is 35.9 Å². The van der Waals surface area contributed by atoms with Crippen LogP contribution in [0, 0.1) is 5.92 Å². The van der Waals surface area contributed by atoms with Crippen LogP contribution in [-0.4, -0.2) is 48.2 Å². The van der Waals surface area contributed by atoms with E-state index in [0.717, 1.165) is 23.0 Å². The molecule has 2 bridgehead atoms. The SMILES string of the molecule is COc1cc(Sc2ccc(C(=O)N[C@@H]3C4CCN(CC4)[C@@H]3C)cc2)no1. The lowest BCUT2D eigenvalue weighted by atomic mass is 9.79. The van der Waals surface area contributed by atoms with Crippen molar-refractivity contribution in [3.8, 4) is 5.95 Å². The molecule has 1 N–H and O–H groups in total. The zero-order valence-electron chi connectivity index (χ0n) is 15.0. The normalized spacial score (nSPS) is 27.3. The average Bonchev–Trinajstić information content (AvgIpc) is 3.13. The predicted octanol–water partition coefficient (Wildman–Crippen LogP) is 3.05. The number of nitrogens with zero attached hydrogens (tertiary/aromatic N) is 2. The molecule has 5 rings (SSSR count). The Morgan fingerprint density at radius 2 is 2.04 bits per heavy atom. The Morgan fingerprint density at radius 1 is 1.31 bits per heavy atom. The molecule has 1 aromatic heterocycles. The van der Waals surface area contributed by atoms with E-state index in [1.807, 2.05) is 24.3 Å². The van der Waals surface area contributed by atoms with Crippen LogP contribution in [0.25, 0.3) is 0 Å². The largest absolute Gasteiger partial charge is 0.467 e. The summed E-state index contributed by atoms with van der Waals surface area (Å²) < 4.78 is 9.99. The fourth-order valence-corrected chi connectivity index (χ4v) is 4.71. The van der Waals surface area contributed by atoms with Crippen LogP contribution in [0.1, 0.15) is 30.1 Å². The third-order valence-electron chi connectivity index (χ3n) is 5.48. The van der Waals surface area contributed by atoms with E-state index in [2.05, 4.69) is 22.3 Å². The molecule has 3 saturated heterocycles. The van der Waals surface area contributed by atoms with Gasteiger partial charge in [-0.25, -0.2) is 0 Å². The van der Waals surface area contributed by atoms with Crippen LogP contribution in [0.3, 0.4) is 0 Å². The van der Waals surface area contributed by atoms with Gasteiger partial charge in [-0.1, -0.05) is 16.9 Å². The minimum Gasteiger partial charge on any atom is -0.467 e. The number of rotatable bonds is 5. The van der Waals surface area contributed by atoms with Gasteiger partial charge in [0.1, 0.15) is 5.03 Å². The Kier molecular flexibility index (Phi) is 4.91. The van der Waals surface area contributed by atoms with Crippen LogP contribution in [0.2, 0.25) is 0 Å². The summed E-state index contributed by atoms with van der Waals surface area (Å²) in [4.78, 5) is 16.1. The van der Waals surface area contributed by atoms with E-state index >= 15 is 0 Å². The molecule has 2 aromatic rings. The summed E-state index contributed by atoms with van der Waals surface area (Å²) in [6.07, 6.45) is 2.37. The lowest BCUT2D eigenvalue weighted by molar-refractivity contribution is 0.0217. The zero-order valence-corrected chi connectivity index (χ0v) is 15.8. The number of carbonyl (C=O) groups excluding carboxylic acids is 1. The van der Waals surface area contributed by atoms with Gasteiger partial charge in [-0.15, -0.1) is 0 Å². The van der Waals surface area contributed by atoms with E-state index < -0.39 is 0 Å². The topological polar surface area (TPSA) is 67.6 Å². The van der Waals surface area contributed by atoms with E-state index in [1.54, 1.807) is 13.2 Å². The molecule has 3 aliphatic rings. The highest BCUT2D eigenvalue weighted by Gasteiger charge is 2.40. The predicted molar refractivity (Wildman–Crippen MR) is 98.6 cm³/mol. The molecular weight excluding hydrogens is 350 g/mol. The number of piperidine rings is 3. The molecule has 3 aliphatic heterocycles. The summed E-state index contributed by atoms with van der Waals surface area (Å²) in [6.45, 7) is 4.55. The van der Waals surface area contributed by atoms with Crippen LogP contribution in [0.5, 0.6) is 5.95 Å². The molecule has 138 valence electrons. The first-order chi connectivity index (χ1) is 12.6. The third kappa shape index (κ3) is 3.46. The van der Waals surface area contributed by atoms with E-state index in [0.29, 0.717) is 23.5 Å². The van der Waals surface area contributed by atoms with E-state index in [4.69, 9.17) is 9.26 Å². The molecule has 26 heavy (non-hydrogen) atoms. The lowest BCUT2D eigenvalue weighted by Crippen LogP contribution is -2.62. The van der Waals surface area contributed by atoms with E-state index in [1.165, 1.54) is 24.6 Å². The monoisotopic (exact) mass is 373 g/mol. The van der Waals surface area contributed by atoms with Gasteiger partial charge in [0.2, 0.25) is 0 Å². The van der Waals surface area contributed by atoms with Crippen molar-refractivity contribution < 1.29 is 14.1 Å². The number of methoxy groups -OCH3 is 1. The number of aromatic nitrogens is 1. The van der Waals surface area contributed by atoms with Crippen LogP contribution in [0.4, 0.5) is 0 Å². The first-order valence-corrected chi connectivity index (χ1v) is 9.79. The van der Waals surface area contributed by atoms with Crippen molar-refractivity contribution >= 4 is 17.7 Å². The fraction of sp³-hybridized carbons (Fsp3) is 0.474. The number of amides is 1. The summed E-state index contributed by atoms with van der Waals surface area (Å²) in [6, 6.07) is 9.99. The molecule has 1 amide bonds. The molecule has 2 atom stereocenters. The summed E-state index contributed by atoms with van der Waals surface area (Å²) in [7, 11) is 1.54.